The lowest BCUT2D eigenvalue weighted by molar-refractivity contribution is -0.148. The molecule has 3 unspecified atom stereocenters. The highest BCUT2D eigenvalue weighted by atomic mass is 35.5. The van der Waals surface area contributed by atoms with Crippen molar-refractivity contribution in [2.45, 2.75) is 44.2 Å². The van der Waals surface area contributed by atoms with Gasteiger partial charge in [0.15, 0.2) is 0 Å². The molecule has 1 amide bonds. The number of nitrogens with two attached hydrogens (primary N) is 1. The van der Waals surface area contributed by atoms with Gasteiger partial charge in [-0.25, -0.2) is 0 Å². The van der Waals surface area contributed by atoms with Crippen molar-refractivity contribution in [1.82, 2.24) is 4.90 Å². The van der Waals surface area contributed by atoms with E-state index >= 15 is 0 Å². The lowest BCUT2D eigenvalue weighted by Gasteiger charge is -2.42. The first kappa shape index (κ1) is 17.7. The molecule has 1 saturated heterocycles. The maximum absolute atomic E-state index is 12.7. The molecule has 0 aromatic carbocycles. The fourth-order valence-corrected chi connectivity index (χ4v) is 3.19. The van der Waals surface area contributed by atoms with Gasteiger partial charge in [-0.1, -0.05) is 12.8 Å². The number of carbonyl (C=O) groups excluding carboxylic acids is 1. The molecule has 1 saturated carbocycles. The number of rotatable bonds is 3. The lowest BCUT2D eigenvalue weighted by atomic mass is 9.74. The van der Waals surface area contributed by atoms with E-state index in [1.54, 1.807) is 7.11 Å². The highest BCUT2D eigenvalue weighted by Crippen LogP contribution is 2.33. The molecule has 118 valence electrons. The van der Waals surface area contributed by atoms with Crippen molar-refractivity contribution in [2.24, 2.45) is 11.7 Å². The van der Waals surface area contributed by atoms with Gasteiger partial charge in [0.1, 0.15) is 0 Å². The van der Waals surface area contributed by atoms with Gasteiger partial charge >= 0.3 is 0 Å². The van der Waals surface area contributed by atoms with Crippen LogP contribution in [0, 0.1) is 5.92 Å². The predicted octanol–water partition coefficient (Wildman–Crippen LogP) is 1.19. The van der Waals surface area contributed by atoms with Crippen LogP contribution in [0.5, 0.6) is 0 Å². The Morgan fingerprint density at radius 2 is 2.25 bits per heavy atom. The van der Waals surface area contributed by atoms with Gasteiger partial charge in [0.2, 0.25) is 5.91 Å². The van der Waals surface area contributed by atoms with Crippen molar-refractivity contribution < 1.29 is 14.3 Å². The van der Waals surface area contributed by atoms with Crippen LogP contribution >= 0.6 is 12.4 Å². The molecule has 0 spiro atoms. The van der Waals surface area contributed by atoms with E-state index < -0.39 is 0 Å². The second-order valence-corrected chi connectivity index (χ2v) is 6.04. The van der Waals surface area contributed by atoms with E-state index in [2.05, 4.69) is 0 Å². The first-order chi connectivity index (χ1) is 9.04. The van der Waals surface area contributed by atoms with Crippen LogP contribution < -0.4 is 5.73 Å². The van der Waals surface area contributed by atoms with Gasteiger partial charge in [-0.3, -0.25) is 4.79 Å². The maximum Gasteiger partial charge on any atom is 0.227 e. The molecule has 5 nitrogen and oxygen atoms in total. The summed E-state index contributed by atoms with van der Waals surface area (Å²) in [5.74, 6) is 0.164. The molecule has 0 bridgehead atoms. The summed E-state index contributed by atoms with van der Waals surface area (Å²) in [7, 11) is 1.65. The quantitative estimate of drug-likeness (QED) is 0.850. The predicted molar refractivity (Wildman–Crippen MR) is 80.0 cm³/mol. The standard InChI is InChI=1S/C14H26N2O3.ClH/c1-14(15)6-4-3-5-12(14)13(17)16-7-8-19-11(9-16)10-18-2;/h11-12H,3-10,15H2,1-2H3;1H. The van der Waals surface area contributed by atoms with Crippen molar-refractivity contribution >= 4 is 18.3 Å². The first-order valence-corrected chi connectivity index (χ1v) is 7.23. The van der Waals surface area contributed by atoms with Gasteiger partial charge in [0.25, 0.3) is 0 Å². The molecule has 2 N–H and O–H groups in total. The molecule has 0 aromatic rings. The average Bonchev–Trinajstić information content (AvgIpc) is 2.38. The molecule has 0 radical (unpaired) electrons. The van der Waals surface area contributed by atoms with Crippen LogP contribution in [0.4, 0.5) is 0 Å². The van der Waals surface area contributed by atoms with E-state index in [-0.39, 0.29) is 35.9 Å². The van der Waals surface area contributed by atoms with Crippen LogP contribution in [-0.2, 0) is 14.3 Å². The Labute approximate surface area is 127 Å². The van der Waals surface area contributed by atoms with Gasteiger partial charge < -0.3 is 20.1 Å². The van der Waals surface area contributed by atoms with Crippen LogP contribution in [0.15, 0.2) is 0 Å². The van der Waals surface area contributed by atoms with Gasteiger partial charge in [-0.2, -0.15) is 0 Å². The highest BCUT2D eigenvalue weighted by Gasteiger charge is 2.40. The van der Waals surface area contributed by atoms with Crippen LogP contribution in [0.3, 0.4) is 0 Å². The number of methoxy groups -OCH3 is 1. The molecule has 6 heteroatoms. The molecule has 1 aliphatic heterocycles. The smallest absolute Gasteiger partial charge is 0.227 e. The third-order valence-corrected chi connectivity index (χ3v) is 4.36. The summed E-state index contributed by atoms with van der Waals surface area (Å²) in [6.07, 6.45) is 4.09. The second-order valence-electron chi connectivity index (χ2n) is 6.04. The van der Waals surface area contributed by atoms with E-state index in [0.29, 0.717) is 26.3 Å². The molecule has 1 heterocycles. The minimum atomic E-state index is -0.357. The largest absolute Gasteiger partial charge is 0.382 e. The van der Waals surface area contributed by atoms with Gasteiger partial charge in [0, 0.05) is 25.7 Å². The summed E-state index contributed by atoms with van der Waals surface area (Å²) in [5, 5.41) is 0. The fraction of sp³-hybridized carbons (Fsp3) is 0.929. The molecule has 1 aliphatic carbocycles. The summed E-state index contributed by atoms with van der Waals surface area (Å²) >= 11 is 0. The average molecular weight is 307 g/mol. The Bertz CT molecular complexity index is 324. The van der Waals surface area contributed by atoms with Crippen LogP contribution in [0.25, 0.3) is 0 Å². The third kappa shape index (κ3) is 4.07. The Morgan fingerprint density at radius 1 is 1.50 bits per heavy atom. The number of hydrogen-bond donors (Lipinski definition) is 1. The molecule has 2 aliphatic rings. The zero-order valence-corrected chi connectivity index (χ0v) is 13.3. The van der Waals surface area contributed by atoms with Crippen molar-refractivity contribution in [1.29, 1.82) is 0 Å². The third-order valence-electron chi connectivity index (χ3n) is 4.36. The SMILES string of the molecule is COCC1CN(C(=O)C2CCCCC2(C)N)CCO1.Cl. The van der Waals surface area contributed by atoms with Crippen molar-refractivity contribution in [2.75, 3.05) is 33.4 Å². The minimum absolute atomic E-state index is 0. The Morgan fingerprint density at radius 3 is 2.90 bits per heavy atom. The Hall–Kier alpha value is -0.360. The monoisotopic (exact) mass is 306 g/mol. The number of ether oxygens (including phenoxy) is 2. The van der Waals surface area contributed by atoms with E-state index in [4.69, 9.17) is 15.2 Å². The summed E-state index contributed by atoms with van der Waals surface area (Å²) in [5.41, 5.74) is 5.96. The zero-order chi connectivity index (χ0) is 13.9. The molecule has 2 rings (SSSR count). The molecular weight excluding hydrogens is 280 g/mol. The summed E-state index contributed by atoms with van der Waals surface area (Å²) in [6.45, 7) is 4.44. The number of carbonyl (C=O) groups is 1. The minimum Gasteiger partial charge on any atom is -0.382 e. The molecular formula is C14H27ClN2O3. The highest BCUT2D eigenvalue weighted by molar-refractivity contribution is 5.85. The molecule has 2 fully saturated rings. The van der Waals surface area contributed by atoms with Crippen molar-refractivity contribution in [3.8, 4) is 0 Å². The Kier molecular flexibility index (Phi) is 6.72. The summed E-state index contributed by atoms with van der Waals surface area (Å²) < 4.78 is 10.7. The zero-order valence-electron chi connectivity index (χ0n) is 12.5. The molecule has 3 atom stereocenters. The number of hydrogen-bond acceptors (Lipinski definition) is 4. The molecule has 0 aromatic heterocycles. The van der Waals surface area contributed by atoms with Gasteiger partial charge in [-0.15, -0.1) is 12.4 Å². The van der Waals surface area contributed by atoms with E-state index in [0.717, 1.165) is 25.7 Å². The van der Waals surface area contributed by atoms with Crippen molar-refractivity contribution in [3.63, 3.8) is 0 Å². The second kappa shape index (κ2) is 7.59. The Balaban J connectivity index is 0.00000200. The van der Waals surface area contributed by atoms with Crippen molar-refractivity contribution in [3.05, 3.63) is 0 Å². The maximum atomic E-state index is 12.7. The first-order valence-electron chi connectivity index (χ1n) is 7.23. The van der Waals surface area contributed by atoms with E-state index in [1.807, 2.05) is 11.8 Å². The van der Waals surface area contributed by atoms with Crippen LogP contribution in [-0.4, -0.2) is 55.9 Å². The van der Waals surface area contributed by atoms with Gasteiger partial charge in [-0.05, 0) is 19.8 Å². The summed E-state index contributed by atoms with van der Waals surface area (Å²) in [4.78, 5) is 14.6. The van der Waals surface area contributed by atoms with E-state index in [9.17, 15) is 4.79 Å². The topological polar surface area (TPSA) is 64.8 Å². The number of amides is 1. The molecule has 20 heavy (non-hydrogen) atoms. The lowest BCUT2D eigenvalue weighted by Crippen LogP contribution is -2.56. The number of morpholine rings is 1. The number of halogens is 1. The van der Waals surface area contributed by atoms with Crippen LogP contribution in [0.2, 0.25) is 0 Å². The van der Waals surface area contributed by atoms with E-state index in [1.165, 1.54) is 0 Å². The normalized spacial score (nSPS) is 34.5. The fourth-order valence-electron chi connectivity index (χ4n) is 3.19. The van der Waals surface area contributed by atoms with Crippen LogP contribution in [0.1, 0.15) is 32.6 Å². The van der Waals surface area contributed by atoms with Gasteiger partial charge in [0.05, 0.1) is 25.2 Å². The number of nitrogens with zero attached hydrogens (tertiary/aromatic N) is 1. The summed E-state index contributed by atoms with van der Waals surface area (Å²) in [6, 6.07) is 0.